The molecule has 0 saturated carbocycles. The Kier molecular flexibility index (Phi) is 37.2. The van der Waals surface area contributed by atoms with E-state index in [4.69, 9.17) is 179 Å². The van der Waals surface area contributed by atoms with Crippen LogP contribution in [0.3, 0.4) is 0 Å². The number of aromatic amines is 4. The highest BCUT2D eigenvalue weighted by Gasteiger charge is 2.59. The Hall–Kier alpha value is -8.18. The van der Waals surface area contributed by atoms with E-state index in [-0.39, 0.29) is 134 Å². The minimum absolute atomic E-state index is 0.00955. The molecule has 11 unspecified atom stereocenters. The predicted octanol–water partition coefficient (Wildman–Crippen LogP) is -2.73. The molecule has 15 rings (SSSR count). The fourth-order valence-corrected chi connectivity index (χ4v) is 23.1. The van der Waals surface area contributed by atoms with Crippen molar-refractivity contribution in [3.63, 3.8) is 0 Å². The van der Waals surface area contributed by atoms with E-state index < -0.39 is 268 Å². The van der Waals surface area contributed by atoms with Gasteiger partial charge >= 0.3 is 52.9 Å². The van der Waals surface area contributed by atoms with Crippen LogP contribution in [0.15, 0.2) is 77.5 Å². The summed E-state index contributed by atoms with van der Waals surface area (Å²) in [5.41, 5.74) is 18.2. The van der Waals surface area contributed by atoms with Crippen LogP contribution in [-0.4, -0.2) is 355 Å². The van der Waals surface area contributed by atoms with E-state index in [0.717, 1.165) is 37.3 Å². The lowest BCUT2D eigenvalue weighted by Gasteiger charge is -2.30. The second-order valence-electron chi connectivity index (χ2n) is 33.6. The second kappa shape index (κ2) is 48.4. The van der Waals surface area contributed by atoms with Gasteiger partial charge in [0.2, 0.25) is 11.9 Å². The average Bonchev–Trinajstić information content (AvgIpc) is 2.49. The number of H-pyrrole nitrogens is 4. The fourth-order valence-electron chi connectivity index (χ4n) is 16.9. The molecule has 0 bridgehead atoms. The molecule has 71 heteroatoms. The Morgan fingerprint density at radius 1 is 0.388 bits per heavy atom. The summed E-state index contributed by atoms with van der Waals surface area (Å²) < 4.78 is 195. The van der Waals surface area contributed by atoms with Gasteiger partial charge in [0, 0.05) is 77.3 Å². The molecule has 6 saturated heterocycles. The van der Waals surface area contributed by atoms with Crippen LogP contribution in [0.2, 0.25) is 0 Å². The van der Waals surface area contributed by atoms with E-state index in [1.165, 1.54) is 90.4 Å². The largest absolute Gasteiger partial charge is 0.472 e. The summed E-state index contributed by atoms with van der Waals surface area (Å²) in [6.07, 6.45) is -28.8. The number of hydrogen-bond donors (Lipinski definition) is 14. The summed E-state index contributed by atoms with van der Waals surface area (Å²) in [7, 11) is -5.09. The van der Waals surface area contributed by atoms with Gasteiger partial charge in [0.1, 0.15) is 115 Å². The third-order valence-corrected chi connectivity index (χ3v) is 30.4. The van der Waals surface area contributed by atoms with Gasteiger partial charge in [-0.2, -0.15) is 15.0 Å². The van der Waals surface area contributed by atoms with E-state index in [0.29, 0.717) is 0 Å². The SMILES string of the molecule is CC[C@H]1O[C@@H](n2cc(C)c(=O)[nH]c2=O)CC1OP(O)(=S)OC[C@H]1O[C@@H](n2cnc3c(=O)[nH]c(N)nc32)[C@@H](OCCOC)C1OP(=O)(O)OC[C@H]1O[C@@H](n2cnc3c(=O)[nH]c(N)nc32)[C@@H](OCCOC)C1OP(=O)(O)OC[C@H]1O[C@@H](n2cnc3c(N)ncnc32)[C@@H](OCCOC)C1OP(O)(=S)OC[C@H]1O[C@@H](n2cc(C)c(N)nc2=O)[C@@H](OCCOC)C1OP(O)(=S)OC[C@H]1O[C@@H](n2cc(C)c(=O)[nH]c2=O)[C@@H](OCCOC)C1O. The zero-order chi connectivity index (χ0) is 106. The first-order chi connectivity index (χ1) is 70.0. The average molecular weight is 2240 g/mol. The number of rotatable bonds is 52. The predicted molar refractivity (Wildman–Crippen MR) is 510 cm³/mol. The number of nitrogens with zero attached hydrogens (tertiary/aromatic N) is 14. The number of aryl methyl sites for hydroxylation is 3. The minimum Gasteiger partial charge on any atom is -0.387 e. The first-order valence-electron chi connectivity index (χ1n) is 44.8. The maximum atomic E-state index is 15.6. The normalized spacial score (nSPS) is 29.0. The molecule has 812 valence electrons. The lowest BCUT2D eigenvalue weighted by Crippen LogP contribution is -2.41. The van der Waals surface area contributed by atoms with Crippen LogP contribution in [0.5, 0.6) is 0 Å². The molecule has 15 heterocycles. The Balaban J connectivity index is 0.731. The van der Waals surface area contributed by atoms with Gasteiger partial charge in [-0.3, -0.25) is 93.7 Å². The third kappa shape index (κ3) is 26.3. The van der Waals surface area contributed by atoms with Crippen molar-refractivity contribution in [3.8, 4) is 0 Å². The van der Waals surface area contributed by atoms with Gasteiger partial charge in [-0.25, -0.2) is 48.4 Å². The Morgan fingerprint density at radius 3 is 1.18 bits per heavy atom. The van der Waals surface area contributed by atoms with E-state index >= 15 is 9.13 Å². The molecule has 6 aliphatic rings. The first kappa shape index (κ1) is 113. The number of hydrogen-bond acceptors (Lipinski definition) is 51. The van der Waals surface area contributed by atoms with Gasteiger partial charge in [0.25, 0.3) is 22.2 Å². The van der Waals surface area contributed by atoms with Crippen molar-refractivity contribution in [1.29, 1.82) is 0 Å². The number of phosphoric acid groups is 2. The van der Waals surface area contributed by atoms with Gasteiger partial charge in [0.05, 0.1) is 130 Å². The molecule has 28 atom stereocenters. The highest BCUT2D eigenvalue weighted by Crippen LogP contribution is 2.58. The molecule has 63 nitrogen and oxygen atoms in total. The summed E-state index contributed by atoms with van der Waals surface area (Å²) in [6.45, 7) is -15.5. The fraction of sp³-hybridized carbons (Fsp3) is 0.645. The highest BCUT2D eigenvalue weighted by molar-refractivity contribution is 8.07. The number of aromatic nitrogens is 18. The summed E-state index contributed by atoms with van der Waals surface area (Å²) >= 11 is 17.1. The quantitative estimate of drug-likeness (QED) is 0.0136. The Bertz CT molecular complexity index is 6840. The van der Waals surface area contributed by atoms with Gasteiger partial charge in [0.15, 0.2) is 64.9 Å². The van der Waals surface area contributed by atoms with E-state index in [9.17, 15) is 63.1 Å². The van der Waals surface area contributed by atoms with Crippen molar-refractivity contribution in [3.05, 3.63) is 133 Å². The van der Waals surface area contributed by atoms with Gasteiger partial charge in [-0.15, -0.1) is 0 Å². The van der Waals surface area contributed by atoms with Crippen LogP contribution >= 0.6 is 35.8 Å². The lowest BCUT2D eigenvalue weighted by molar-refractivity contribution is -0.0836. The van der Waals surface area contributed by atoms with Gasteiger partial charge in [-0.05, 0) is 62.6 Å². The molecule has 18 N–H and O–H groups in total. The van der Waals surface area contributed by atoms with Crippen molar-refractivity contribution in [1.82, 2.24) is 87.2 Å². The van der Waals surface area contributed by atoms with Gasteiger partial charge < -0.3 is 146 Å². The first-order valence-corrected chi connectivity index (χ1v) is 55.5. The maximum Gasteiger partial charge on any atom is 0.472 e. The Labute approximate surface area is 843 Å². The summed E-state index contributed by atoms with van der Waals surface area (Å²) in [5.74, 6) is -1.13. The highest BCUT2D eigenvalue weighted by atomic mass is 32.5. The molecule has 0 spiro atoms. The van der Waals surface area contributed by atoms with Crippen molar-refractivity contribution in [2.24, 2.45) is 0 Å². The molecule has 0 radical (unpaired) electrons. The van der Waals surface area contributed by atoms with Crippen molar-refractivity contribution >= 4 is 128 Å². The number of nitrogens with two attached hydrogens (primary N) is 4. The number of aliphatic hydroxyl groups is 1. The molecule has 0 aromatic carbocycles. The number of anilines is 4. The summed E-state index contributed by atoms with van der Waals surface area (Å²) in [6, 6.07) is 0. The molecule has 147 heavy (non-hydrogen) atoms. The van der Waals surface area contributed by atoms with Gasteiger partial charge in [-0.1, -0.05) is 6.92 Å². The number of imidazole rings is 3. The van der Waals surface area contributed by atoms with Crippen molar-refractivity contribution < 1.29 is 160 Å². The summed E-state index contributed by atoms with van der Waals surface area (Å²) in [5, 5.41) is 11.8. The monoisotopic (exact) mass is 2240 g/mol. The molecule has 6 fully saturated rings. The summed E-state index contributed by atoms with van der Waals surface area (Å²) in [4.78, 5) is 197. The molecule has 9 aromatic heterocycles. The number of nitrogens with one attached hydrogen (secondary N) is 4. The number of methoxy groups -OCH3 is 5. The second-order valence-corrected chi connectivity index (χ2v) is 44.7. The minimum atomic E-state index is -5.94. The molecule has 0 aliphatic carbocycles. The molecule has 0 amide bonds. The topological polar surface area (TPSA) is 815 Å². The third-order valence-electron chi connectivity index (χ3n) is 23.8. The lowest BCUT2D eigenvalue weighted by atomic mass is 10.1. The zero-order valence-electron chi connectivity index (χ0n) is 79.3. The number of ether oxygens (including phenoxy) is 16. The smallest absolute Gasteiger partial charge is 0.387 e. The number of phosphoric ester groups is 2. The van der Waals surface area contributed by atoms with Crippen molar-refractivity contribution in [2.75, 3.05) is 158 Å². The Morgan fingerprint density at radius 2 is 0.748 bits per heavy atom. The number of aliphatic hydroxyl groups excluding tert-OH is 1. The molecular formula is C76H109N22O41P5S3. The van der Waals surface area contributed by atoms with E-state index in [1.807, 2.05) is 0 Å². The van der Waals surface area contributed by atoms with Crippen molar-refractivity contribution in [2.45, 2.75) is 182 Å². The number of nitrogen functional groups attached to an aromatic ring is 4. The van der Waals surface area contributed by atoms with Crippen LogP contribution in [0.1, 0.15) is 73.8 Å². The van der Waals surface area contributed by atoms with Crippen LogP contribution in [0.25, 0.3) is 33.5 Å². The molecular weight excluding hydrogens is 2130 g/mol. The van der Waals surface area contributed by atoms with Crippen LogP contribution in [0, 0.1) is 20.8 Å². The zero-order valence-corrected chi connectivity index (χ0v) is 86.3. The number of fused-ring (bicyclic) bond motifs is 3. The van der Waals surface area contributed by atoms with E-state index in [1.54, 1.807) is 6.92 Å². The molecule has 6 aliphatic heterocycles. The maximum absolute atomic E-state index is 15.6. The van der Waals surface area contributed by atoms with Crippen LogP contribution in [0.4, 0.5) is 23.5 Å². The standard InChI is InChI=1S/C76H109N22O41P5S3/c1-10-37-38(21-44(129-37)93-23-35(3)63(100)91-75(93)105)135-142(111,145)127-28-42-50(55(121-18-13-116-7)71(134-42)98-33-85-47-62(98)88-73(80)90-66(47)103)137-140(107,108)124-26-40-49(54(120-17-12-115-6)70(132-40)97-32-84-46-61(97)87-72(79)89-65(46)102)136-141(109,110)125-27-41-51(57(123-20-15-118-9)69(133-41)96-31-83-45-59(78)81-30-82-60(45)96)138-144(113,147)128-29-43-52(56(122-19-14-117-8)68(131-43)94-22-34(2)58(77)86-74(94)104)139-143(112,146)126-25-39-48(99)53(119-16-11-114-5)67(130-39)95-24-36(4)64(101)92-76(95)106/h22-24,30-33,37-44,48-57,67-71,99H,10-21,25-29H2,1-9H3,(H,107,108)(H,109,110)(H,111,145)(H,112,146)(H,113,147)(H2,77,86,104)(H2,78,81,82)(H,91,100,105)(H,92,101,106)(H3,79,87,89,102)(H3,80,88,90,103)/t37-,38?,39-,40-,41-,42-,43-,44-,48?,49?,50?,51?,52?,53+,54+,55+,56+,57+,67-,68-,69-,70-,71-,142?,143?,144?/m1/s1. The molecule has 9 aromatic rings. The van der Waals surface area contributed by atoms with Crippen LogP contribution in [-0.2, 0) is 166 Å². The van der Waals surface area contributed by atoms with Crippen LogP contribution < -0.4 is 62.2 Å². The van der Waals surface area contributed by atoms with E-state index in [2.05, 4.69) is 59.8 Å².